The van der Waals surface area contributed by atoms with Gasteiger partial charge in [-0.25, -0.2) is 4.98 Å². The van der Waals surface area contributed by atoms with Gasteiger partial charge < -0.3 is 9.30 Å². The van der Waals surface area contributed by atoms with Crippen LogP contribution in [0.5, 0.6) is 11.5 Å². The van der Waals surface area contributed by atoms with Crippen molar-refractivity contribution in [1.29, 1.82) is 0 Å². The van der Waals surface area contributed by atoms with Crippen LogP contribution in [0.2, 0.25) is 0 Å². The molecule has 0 unspecified atom stereocenters. The second kappa shape index (κ2) is 18.0. The molecular formula is C64H62N4OPt+2. The van der Waals surface area contributed by atoms with Crippen LogP contribution in [0, 0.1) is 12.1 Å². The van der Waals surface area contributed by atoms with Crippen LogP contribution < -0.4 is 13.9 Å². The van der Waals surface area contributed by atoms with Gasteiger partial charge in [0.2, 0.25) is 5.69 Å². The van der Waals surface area contributed by atoms with E-state index in [-0.39, 0.29) is 42.7 Å². The molecule has 0 spiro atoms. The Morgan fingerprint density at radius 2 is 1.14 bits per heavy atom. The molecule has 0 aliphatic carbocycles. The second-order valence-electron chi connectivity index (χ2n) is 22.7. The molecule has 352 valence electrons. The summed E-state index contributed by atoms with van der Waals surface area (Å²) < 4.78 is 13.7. The van der Waals surface area contributed by atoms with Gasteiger partial charge >= 0.3 is 32.8 Å². The molecule has 9 aromatic rings. The van der Waals surface area contributed by atoms with Gasteiger partial charge in [0.15, 0.2) is 0 Å². The summed E-state index contributed by atoms with van der Waals surface area (Å²) in [5.41, 5.74) is 15.0. The number of fused-ring (bicyclic) bond motifs is 4. The first kappa shape index (κ1) is 48.4. The fourth-order valence-electron chi connectivity index (χ4n) is 9.33. The smallest absolute Gasteiger partial charge is 0.508 e. The zero-order valence-electron chi connectivity index (χ0n) is 42.5. The van der Waals surface area contributed by atoms with E-state index in [0.29, 0.717) is 11.5 Å². The number of nitrogens with zero attached hydrogens (tertiary/aromatic N) is 4. The van der Waals surface area contributed by atoms with E-state index in [0.717, 1.165) is 72.6 Å². The topological polar surface area (TPSA) is 33.1 Å². The van der Waals surface area contributed by atoms with Crippen molar-refractivity contribution in [3.8, 4) is 39.6 Å². The van der Waals surface area contributed by atoms with Crippen molar-refractivity contribution >= 4 is 50.6 Å². The van der Waals surface area contributed by atoms with Crippen LogP contribution in [-0.4, -0.2) is 15.6 Å². The Labute approximate surface area is 429 Å². The molecule has 0 atom stereocenters. The van der Waals surface area contributed by atoms with Gasteiger partial charge in [-0.05, 0) is 83.7 Å². The fraction of sp³-hybridized carbons (Fsp3) is 0.250. The molecule has 1 aliphatic heterocycles. The summed E-state index contributed by atoms with van der Waals surface area (Å²) >= 11 is 0. The molecule has 3 heterocycles. The van der Waals surface area contributed by atoms with Crippen molar-refractivity contribution in [1.82, 2.24) is 18.7 Å². The Morgan fingerprint density at radius 1 is 0.514 bits per heavy atom. The number of rotatable bonds is 7. The molecule has 0 radical (unpaired) electrons. The van der Waals surface area contributed by atoms with Gasteiger partial charge in [-0.2, -0.15) is 12.1 Å². The first-order valence-corrected chi connectivity index (χ1v) is 24.2. The molecule has 0 saturated heterocycles. The summed E-state index contributed by atoms with van der Waals surface area (Å²) in [5.74, 6) is 2.01. The van der Waals surface area contributed by atoms with Crippen molar-refractivity contribution in [2.75, 3.05) is 0 Å². The number of hydrogen-bond donors (Lipinski definition) is 0. The third kappa shape index (κ3) is 9.14. The predicted molar refractivity (Wildman–Crippen MR) is 289 cm³/mol. The van der Waals surface area contributed by atoms with E-state index in [9.17, 15) is 0 Å². The average molecular weight is 1100 g/mol. The Bertz CT molecular complexity index is 3510. The summed E-state index contributed by atoms with van der Waals surface area (Å²) in [6.07, 6.45) is 1.91. The minimum atomic E-state index is -0.0712. The Hall–Kier alpha value is -6.64. The molecule has 1 aliphatic rings. The summed E-state index contributed by atoms with van der Waals surface area (Å²) in [7, 11) is 0. The van der Waals surface area contributed by atoms with Crippen molar-refractivity contribution in [2.45, 2.75) is 105 Å². The largest absolute Gasteiger partial charge is 2.00 e. The number of ether oxygens (including phenoxy) is 1. The normalized spacial score (nSPS) is 13.0. The molecule has 70 heavy (non-hydrogen) atoms. The van der Waals surface area contributed by atoms with E-state index < -0.39 is 0 Å². The van der Waals surface area contributed by atoms with Crippen LogP contribution in [0.15, 0.2) is 158 Å². The van der Waals surface area contributed by atoms with Crippen molar-refractivity contribution in [3.05, 3.63) is 192 Å². The number of para-hydroxylation sites is 2. The first-order chi connectivity index (χ1) is 32.7. The number of pyridine rings is 1. The third-order valence-electron chi connectivity index (χ3n) is 13.4. The third-order valence-corrected chi connectivity index (χ3v) is 13.4. The summed E-state index contributed by atoms with van der Waals surface area (Å²) in [4.78, 5) is 4.95. The van der Waals surface area contributed by atoms with Gasteiger partial charge in [-0.3, -0.25) is 0 Å². The molecule has 7 aromatic carbocycles. The molecule has 0 N–H and O–H groups in total. The maximum Gasteiger partial charge on any atom is 2.00 e. The van der Waals surface area contributed by atoms with E-state index in [1.54, 1.807) is 0 Å². The van der Waals surface area contributed by atoms with Crippen LogP contribution >= 0.6 is 0 Å². The quantitative estimate of drug-likeness (QED) is 0.118. The fourth-order valence-corrected chi connectivity index (χ4v) is 9.33. The minimum absolute atomic E-state index is 0. The Balaban J connectivity index is 0.00000608. The van der Waals surface area contributed by atoms with E-state index >= 15 is 0 Å². The van der Waals surface area contributed by atoms with Gasteiger partial charge in [0.25, 0.3) is 5.69 Å². The SMILES string of the molecule is CC(C)(C)c1cccc(-c2cccc3c2[N+](c2cc(C(C)(C)C)cc(C(C)(C)C)c2)=C=[N+]3c2[c-]c(Oc3[c-]c4c(cc3-c3ccccc3)c3ccccc3n4-c3cc(C(C)(C)C)ccn3)ccc2)c1.[Pt+2]. The van der Waals surface area contributed by atoms with Gasteiger partial charge in [-0.15, -0.1) is 17.5 Å². The van der Waals surface area contributed by atoms with Crippen molar-refractivity contribution in [3.63, 3.8) is 0 Å². The molecular weight excluding hydrogens is 1040 g/mol. The monoisotopic (exact) mass is 1100 g/mol. The number of benzene rings is 7. The van der Waals surface area contributed by atoms with Crippen LogP contribution in [-0.2, 0) is 42.7 Å². The summed E-state index contributed by atoms with van der Waals surface area (Å²) in [6.45, 7) is 27.3. The van der Waals surface area contributed by atoms with Crippen LogP contribution in [0.3, 0.4) is 0 Å². The van der Waals surface area contributed by atoms with Gasteiger partial charge in [0, 0.05) is 41.4 Å². The molecule has 0 fully saturated rings. The van der Waals surface area contributed by atoms with E-state index in [4.69, 9.17) is 9.72 Å². The molecule has 10 rings (SSSR count). The average Bonchev–Trinajstić information content (AvgIpc) is 3.87. The van der Waals surface area contributed by atoms with E-state index in [1.807, 2.05) is 24.4 Å². The van der Waals surface area contributed by atoms with E-state index in [2.05, 4.69) is 248 Å². The Morgan fingerprint density at radius 3 is 1.84 bits per heavy atom. The molecule has 0 bridgehead atoms. The van der Waals surface area contributed by atoms with Crippen molar-refractivity contribution in [2.24, 2.45) is 0 Å². The summed E-state index contributed by atoms with van der Waals surface area (Å²) in [6, 6.07) is 65.6. The molecule has 0 saturated carbocycles. The van der Waals surface area contributed by atoms with Gasteiger partial charge in [0.1, 0.15) is 11.5 Å². The summed E-state index contributed by atoms with van der Waals surface area (Å²) in [5, 5.41) is 2.20. The standard InChI is InChI=1S/C64H62N4O.Pt/c1-61(2,3)44-24-18-23-43(33-44)51-28-20-30-56-60(51)67(49-35-46(63(7,8)9)34-47(36-49)64(10,11)12)41-66(56)48-25-19-26-50(38-48)69-58-40-57-54(39-53(58)42-21-14-13-15-22-42)52-27-16-17-29-55(52)68(57)59-37-45(31-32-65-59)62(4,5)6;/h13-37,39H,1-12H3;/q;+2. The van der Waals surface area contributed by atoms with Crippen LogP contribution in [0.1, 0.15) is 105 Å². The molecule has 5 nitrogen and oxygen atoms in total. The maximum atomic E-state index is 7.07. The molecule has 0 amide bonds. The number of aromatic nitrogens is 2. The molecule has 6 heteroatoms. The first-order valence-electron chi connectivity index (χ1n) is 24.2. The van der Waals surface area contributed by atoms with Gasteiger partial charge in [0.05, 0.1) is 5.56 Å². The van der Waals surface area contributed by atoms with Crippen LogP contribution in [0.25, 0.3) is 49.9 Å². The zero-order valence-corrected chi connectivity index (χ0v) is 44.8. The van der Waals surface area contributed by atoms with E-state index in [1.165, 1.54) is 22.3 Å². The maximum absolute atomic E-state index is 7.07. The zero-order chi connectivity index (χ0) is 48.6. The minimum Gasteiger partial charge on any atom is -0.508 e. The number of hydrogen-bond acceptors (Lipinski definition) is 2. The molecule has 2 aromatic heterocycles. The van der Waals surface area contributed by atoms with Crippen molar-refractivity contribution < 1.29 is 25.8 Å². The Kier molecular flexibility index (Phi) is 12.4. The predicted octanol–water partition coefficient (Wildman–Crippen LogP) is 16.9. The van der Waals surface area contributed by atoms with Gasteiger partial charge in [-0.1, -0.05) is 201 Å². The second-order valence-corrected chi connectivity index (χ2v) is 22.7. The van der Waals surface area contributed by atoms with Crippen LogP contribution in [0.4, 0.5) is 22.7 Å².